The number of rotatable bonds is 4. The number of ether oxygens (including phenoxy) is 1. The van der Waals surface area contributed by atoms with Gasteiger partial charge in [-0.2, -0.15) is 0 Å². The van der Waals surface area contributed by atoms with E-state index in [1.807, 2.05) is 12.1 Å². The van der Waals surface area contributed by atoms with Gasteiger partial charge < -0.3 is 15.4 Å². The van der Waals surface area contributed by atoms with Crippen molar-refractivity contribution < 1.29 is 9.53 Å². The second-order valence-corrected chi connectivity index (χ2v) is 5.33. The summed E-state index contributed by atoms with van der Waals surface area (Å²) in [5.41, 5.74) is 0.608. The quantitative estimate of drug-likeness (QED) is 0.868. The SMILES string of the molecule is Cl.Cl.O=C(NC1CCCNC1)c1cccc(Oc2ccncc2)c1. The number of hydrogen-bond acceptors (Lipinski definition) is 4. The second-order valence-electron chi connectivity index (χ2n) is 5.33. The average Bonchev–Trinajstić information content (AvgIpc) is 2.57. The fraction of sp³-hybridized carbons (Fsp3) is 0.294. The molecular formula is C17H21Cl2N3O2. The molecule has 0 spiro atoms. The third kappa shape index (κ3) is 5.67. The van der Waals surface area contributed by atoms with Crippen LogP contribution in [0.5, 0.6) is 11.5 Å². The van der Waals surface area contributed by atoms with Crippen molar-refractivity contribution >= 4 is 30.7 Å². The molecule has 1 saturated heterocycles. The molecule has 0 bridgehead atoms. The van der Waals surface area contributed by atoms with E-state index >= 15 is 0 Å². The Hall–Kier alpha value is -1.82. The molecule has 1 aromatic carbocycles. The van der Waals surface area contributed by atoms with Gasteiger partial charge in [0.2, 0.25) is 0 Å². The first-order valence-electron chi connectivity index (χ1n) is 7.51. The van der Waals surface area contributed by atoms with E-state index in [4.69, 9.17) is 4.74 Å². The van der Waals surface area contributed by atoms with Gasteiger partial charge >= 0.3 is 0 Å². The highest BCUT2D eigenvalue weighted by Crippen LogP contribution is 2.21. The lowest BCUT2D eigenvalue weighted by Gasteiger charge is -2.23. The summed E-state index contributed by atoms with van der Waals surface area (Å²) in [6, 6.07) is 11.0. The predicted octanol–water partition coefficient (Wildman–Crippen LogP) is 3.20. The van der Waals surface area contributed by atoms with Crippen LogP contribution in [0.25, 0.3) is 0 Å². The van der Waals surface area contributed by atoms with Gasteiger partial charge in [-0.1, -0.05) is 6.07 Å². The van der Waals surface area contributed by atoms with Crippen molar-refractivity contribution in [1.82, 2.24) is 15.6 Å². The first-order valence-corrected chi connectivity index (χ1v) is 7.51. The van der Waals surface area contributed by atoms with E-state index in [1.54, 1.807) is 36.7 Å². The predicted molar refractivity (Wildman–Crippen MR) is 98.6 cm³/mol. The van der Waals surface area contributed by atoms with Crippen molar-refractivity contribution in [3.05, 3.63) is 54.4 Å². The van der Waals surface area contributed by atoms with Gasteiger partial charge in [0, 0.05) is 30.5 Å². The minimum Gasteiger partial charge on any atom is -0.457 e. The number of nitrogens with zero attached hydrogens (tertiary/aromatic N) is 1. The van der Waals surface area contributed by atoms with Crippen molar-refractivity contribution in [2.24, 2.45) is 0 Å². The van der Waals surface area contributed by atoms with E-state index in [2.05, 4.69) is 15.6 Å². The number of amides is 1. The summed E-state index contributed by atoms with van der Waals surface area (Å²) < 4.78 is 5.73. The average molecular weight is 370 g/mol. The second kappa shape index (κ2) is 10.1. The van der Waals surface area contributed by atoms with E-state index in [0.717, 1.165) is 25.9 Å². The highest BCUT2D eigenvalue weighted by molar-refractivity contribution is 5.94. The summed E-state index contributed by atoms with van der Waals surface area (Å²) in [6.45, 7) is 1.86. The van der Waals surface area contributed by atoms with E-state index in [9.17, 15) is 4.79 Å². The summed E-state index contributed by atoms with van der Waals surface area (Å²) in [5.74, 6) is 1.28. The van der Waals surface area contributed by atoms with Crippen molar-refractivity contribution in [1.29, 1.82) is 0 Å². The molecule has 24 heavy (non-hydrogen) atoms. The Morgan fingerprint density at radius 2 is 1.96 bits per heavy atom. The van der Waals surface area contributed by atoms with Crippen LogP contribution in [0.1, 0.15) is 23.2 Å². The van der Waals surface area contributed by atoms with Crippen molar-refractivity contribution in [3.63, 3.8) is 0 Å². The zero-order chi connectivity index (χ0) is 15.2. The molecule has 5 nitrogen and oxygen atoms in total. The van der Waals surface area contributed by atoms with Gasteiger partial charge in [-0.25, -0.2) is 0 Å². The van der Waals surface area contributed by atoms with Crippen LogP contribution in [-0.2, 0) is 0 Å². The fourth-order valence-corrected chi connectivity index (χ4v) is 2.49. The Morgan fingerprint density at radius 3 is 2.67 bits per heavy atom. The van der Waals surface area contributed by atoms with Crippen molar-refractivity contribution in [3.8, 4) is 11.5 Å². The first-order chi connectivity index (χ1) is 10.8. The molecule has 1 aromatic heterocycles. The summed E-state index contributed by atoms with van der Waals surface area (Å²) >= 11 is 0. The van der Waals surface area contributed by atoms with E-state index < -0.39 is 0 Å². The Bertz CT molecular complexity index is 635. The Balaban J connectivity index is 0.00000144. The van der Waals surface area contributed by atoms with Crippen LogP contribution in [0.3, 0.4) is 0 Å². The number of nitrogens with one attached hydrogen (secondary N) is 2. The van der Waals surface area contributed by atoms with Crippen LogP contribution in [0.2, 0.25) is 0 Å². The Labute approximate surface area is 154 Å². The molecule has 0 aliphatic carbocycles. The molecule has 1 aliphatic rings. The number of hydrogen-bond donors (Lipinski definition) is 2. The molecule has 0 radical (unpaired) electrons. The third-order valence-electron chi connectivity index (χ3n) is 3.61. The number of carbonyl (C=O) groups excluding carboxylic acids is 1. The topological polar surface area (TPSA) is 63.2 Å². The van der Waals surface area contributed by atoms with Crippen molar-refractivity contribution in [2.45, 2.75) is 18.9 Å². The molecular weight excluding hydrogens is 349 g/mol. The van der Waals surface area contributed by atoms with Gasteiger partial charge in [0.25, 0.3) is 5.91 Å². The molecule has 130 valence electrons. The molecule has 1 aliphatic heterocycles. The van der Waals surface area contributed by atoms with E-state index in [0.29, 0.717) is 17.1 Å². The maximum Gasteiger partial charge on any atom is 0.251 e. The van der Waals surface area contributed by atoms with Crippen LogP contribution in [0, 0.1) is 0 Å². The highest BCUT2D eigenvalue weighted by atomic mass is 35.5. The Kier molecular flexibility index (Phi) is 8.54. The molecule has 1 fully saturated rings. The lowest BCUT2D eigenvalue weighted by molar-refractivity contribution is 0.0930. The van der Waals surface area contributed by atoms with E-state index in [1.165, 1.54) is 0 Å². The molecule has 1 atom stereocenters. The molecule has 7 heteroatoms. The maximum absolute atomic E-state index is 12.3. The fourth-order valence-electron chi connectivity index (χ4n) is 2.49. The normalized spacial score (nSPS) is 16.2. The molecule has 2 heterocycles. The van der Waals surface area contributed by atoms with Crippen LogP contribution in [0.4, 0.5) is 0 Å². The number of halogens is 2. The summed E-state index contributed by atoms with van der Waals surface area (Å²) in [6.07, 6.45) is 5.45. The highest BCUT2D eigenvalue weighted by Gasteiger charge is 2.16. The lowest BCUT2D eigenvalue weighted by Crippen LogP contribution is -2.45. The Morgan fingerprint density at radius 1 is 1.17 bits per heavy atom. The van der Waals surface area contributed by atoms with Gasteiger partial charge in [0.15, 0.2) is 0 Å². The third-order valence-corrected chi connectivity index (χ3v) is 3.61. The molecule has 3 rings (SSSR count). The summed E-state index contributed by atoms with van der Waals surface area (Å²) in [5, 5.41) is 6.35. The molecule has 0 saturated carbocycles. The molecule has 2 aromatic rings. The van der Waals surface area contributed by atoms with Crippen molar-refractivity contribution in [2.75, 3.05) is 13.1 Å². The number of aromatic nitrogens is 1. The first kappa shape index (κ1) is 20.2. The van der Waals surface area contributed by atoms with E-state index in [-0.39, 0.29) is 36.8 Å². The lowest BCUT2D eigenvalue weighted by atomic mass is 10.1. The smallest absolute Gasteiger partial charge is 0.251 e. The van der Waals surface area contributed by atoms with Gasteiger partial charge in [-0.05, 0) is 49.7 Å². The summed E-state index contributed by atoms with van der Waals surface area (Å²) in [4.78, 5) is 16.3. The monoisotopic (exact) mass is 369 g/mol. The maximum atomic E-state index is 12.3. The molecule has 2 N–H and O–H groups in total. The molecule has 1 unspecified atom stereocenters. The van der Waals surface area contributed by atoms with Crippen LogP contribution in [0.15, 0.2) is 48.8 Å². The number of piperidine rings is 1. The minimum atomic E-state index is -0.0612. The zero-order valence-corrected chi connectivity index (χ0v) is 14.7. The van der Waals surface area contributed by atoms with Gasteiger partial charge in [-0.15, -0.1) is 24.8 Å². The molecule has 1 amide bonds. The summed E-state index contributed by atoms with van der Waals surface area (Å²) in [7, 11) is 0. The number of pyridine rings is 1. The van der Waals surface area contributed by atoms with Gasteiger partial charge in [-0.3, -0.25) is 9.78 Å². The van der Waals surface area contributed by atoms with Crippen LogP contribution >= 0.6 is 24.8 Å². The van der Waals surface area contributed by atoms with Gasteiger partial charge in [0.05, 0.1) is 0 Å². The minimum absolute atomic E-state index is 0. The van der Waals surface area contributed by atoms with Gasteiger partial charge in [0.1, 0.15) is 11.5 Å². The number of carbonyl (C=O) groups is 1. The van der Waals surface area contributed by atoms with Crippen LogP contribution in [-0.4, -0.2) is 30.0 Å². The number of benzene rings is 1. The standard InChI is InChI=1S/C17H19N3O2.2ClH/c21-17(20-14-4-2-8-19-12-14)13-3-1-5-16(11-13)22-15-6-9-18-10-7-15;;/h1,3,5-7,9-11,14,19H,2,4,8,12H2,(H,20,21);2*1H. The van der Waals surface area contributed by atoms with Crippen LogP contribution < -0.4 is 15.4 Å². The zero-order valence-electron chi connectivity index (χ0n) is 13.1. The largest absolute Gasteiger partial charge is 0.457 e.